The molecule has 5 heteroatoms. The number of cyclic esters (lactones) is 2. The summed E-state index contributed by atoms with van der Waals surface area (Å²) in [7, 11) is 0. The fourth-order valence-corrected chi connectivity index (χ4v) is 2.45. The van der Waals surface area contributed by atoms with Gasteiger partial charge in [-0.2, -0.15) is 0 Å². The molecule has 0 radical (unpaired) electrons. The van der Waals surface area contributed by atoms with Gasteiger partial charge in [-0.3, -0.25) is 9.59 Å². The zero-order valence-electron chi connectivity index (χ0n) is 7.37. The zero-order chi connectivity index (χ0) is 10.3. The van der Waals surface area contributed by atoms with Crippen molar-refractivity contribution in [2.75, 3.05) is 0 Å². The van der Waals surface area contributed by atoms with Crippen molar-refractivity contribution in [1.29, 1.82) is 0 Å². The first-order valence-electron chi connectivity index (χ1n) is 4.02. The predicted molar refractivity (Wildman–Crippen MR) is 52.4 cm³/mol. The summed E-state index contributed by atoms with van der Waals surface area (Å²) >= 11 is 7.11. The average molecular weight is 231 g/mol. The molecule has 0 bridgehead atoms. The van der Waals surface area contributed by atoms with E-state index in [9.17, 15) is 9.59 Å². The monoisotopic (exact) mass is 230 g/mol. The Morgan fingerprint density at radius 1 is 1.57 bits per heavy atom. The molecule has 1 aromatic rings. The summed E-state index contributed by atoms with van der Waals surface area (Å²) in [4.78, 5) is 22.4. The normalized spacial score (nSPS) is 26.7. The molecule has 74 valence electrons. The minimum atomic E-state index is -0.847. The second-order valence-corrected chi connectivity index (χ2v) is 4.95. The van der Waals surface area contributed by atoms with Crippen LogP contribution in [0.2, 0.25) is 4.34 Å². The number of thiophene rings is 1. The molecular formula is C9H7ClO3S. The summed E-state index contributed by atoms with van der Waals surface area (Å²) in [6.07, 6.45) is 0.0961. The van der Waals surface area contributed by atoms with E-state index >= 15 is 0 Å². The van der Waals surface area contributed by atoms with Crippen LogP contribution in [0.4, 0.5) is 0 Å². The molecule has 1 unspecified atom stereocenters. The van der Waals surface area contributed by atoms with Gasteiger partial charge in [0.05, 0.1) is 10.8 Å². The van der Waals surface area contributed by atoms with Gasteiger partial charge in [0.2, 0.25) is 0 Å². The van der Waals surface area contributed by atoms with E-state index in [0.717, 1.165) is 5.56 Å². The first-order chi connectivity index (χ1) is 6.52. The summed E-state index contributed by atoms with van der Waals surface area (Å²) < 4.78 is 5.13. The van der Waals surface area contributed by atoms with Gasteiger partial charge < -0.3 is 4.74 Å². The van der Waals surface area contributed by atoms with E-state index in [0.29, 0.717) is 4.34 Å². The summed E-state index contributed by atoms with van der Waals surface area (Å²) in [5.74, 6) is -0.961. The van der Waals surface area contributed by atoms with Gasteiger partial charge in [0.15, 0.2) is 0 Å². The van der Waals surface area contributed by atoms with Crippen LogP contribution < -0.4 is 0 Å². The van der Waals surface area contributed by atoms with Gasteiger partial charge in [-0.25, -0.2) is 0 Å². The largest absolute Gasteiger partial charge is 0.392 e. The van der Waals surface area contributed by atoms with E-state index in [2.05, 4.69) is 4.74 Å². The molecule has 1 saturated heterocycles. The highest BCUT2D eigenvalue weighted by Crippen LogP contribution is 2.37. The number of rotatable bonds is 1. The second-order valence-electron chi connectivity index (χ2n) is 3.41. The predicted octanol–water partition coefficient (Wildman–Crippen LogP) is 2.13. The fraction of sp³-hybridized carbons (Fsp3) is 0.333. The van der Waals surface area contributed by atoms with Crippen molar-refractivity contribution in [3.05, 3.63) is 21.3 Å². The summed E-state index contributed by atoms with van der Waals surface area (Å²) in [6, 6.07) is 1.70. The lowest BCUT2D eigenvalue weighted by Gasteiger charge is -2.15. The Bertz CT molecular complexity index is 412. The summed E-state index contributed by atoms with van der Waals surface area (Å²) in [6.45, 7) is 1.69. The molecule has 0 N–H and O–H groups in total. The van der Waals surface area contributed by atoms with Gasteiger partial charge in [-0.15, -0.1) is 11.3 Å². The standard InChI is InChI=1S/C9H7ClO3S/c1-9(3-7(11)13-8(9)12)5-2-6(10)14-4-5/h2,4H,3H2,1H3. The Balaban J connectivity index is 2.42. The highest BCUT2D eigenvalue weighted by molar-refractivity contribution is 7.14. The van der Waals surface area contributed by atoms with Gasteiger partial charge >= 0.3 is 11.9 Å². The third-order valence-corrected chi connectivity index (χ3v) is 3.45. The maximum atomic E-state index is 11.4. The van der Waals surface area contributed by atoms with Crippen molar-refractivity contribution in [2.45, 2.75) is 18.8 Å². The van der Waals surface area contributed by atoms with Crippen molar-refractivity contribution < 1.29 is 14.3 Å². The third-order valence-electron chi connectivity index (χ3n) is 2.36. The van der Waals surface area contributed by atoms with Crippen LogP contribution >= 0.6 is 22.9 Å². The number of hydrogen-bond acceptors (Lipinski definition) is 4. The molecular weight excluding hydrogens is 224 g/mol. The second kappa shape index (κ2) is 3.07. The highest BCUT2D eigenvalue weighted by Gasteiger charge is 2.47. The number of carbonyl (C=O) groups is 2. The number of halogens is 1. The molecule has 0 spiro atoms. The Morgan fingerprint density at radius 2 is 2.29 bits per heavy atom. The van der Waals surface area contributed by atoms with Crippen LogP contribution in [-0.4, -0.2) is 11.9 Å². The maximum absolute atomic E-state index is 11.4. The average Bonchev–Trinajstić information content (AvgIpc) is 2.59. The van der Waals surface area contributed by atoms with E-state index in [1.165, 1.54) is 11.3 Å². The quantitative estimate of drug-likeness (QED) is 0.548. The number of esters is 2. The van der Waals surface area contributed by atoms with E-state index in [-0.39, 0.29) is 6.42 Å². The Hall–Kier alpha value is -0.870. The van der Waals surface area contributed by atoms with Gasteiger partial charge in [0, 0.05) is 0 Å². The number of hydrogen-bond donors (Lipinski definition) is 0. The van der Waals surface area contributed by atoms with E-state index in [4.69, 9.17) is 11.6 Å². The summed E-state index contributed by atoms with van der Waals surface area (Å²) in [5, 5.41) is 1.78. The molecule has 0 saturated carbocycles. The van der Waals surface area contributed by atoms with E-state index < -0.39 is 17.4 Å². The van der Waals surface area contributed by atoms with Crippen molar-refractivity contribution in [3.8, 4) is 0 Å². The first kappa shape index (κ1) is 9.68. The van der Waals surface area contributed by atoms with Crippen LogP contribution in [0.15, 0.2) is 11.4 Å². The lowest BCUT2D eigenvalue weighted by Crippen LogP contribution is -2.26. The highest BCUT2D eigenvalue weighted by atomic mass is 35.5. The van der Waals surface area contributed by atoms with Gasteiger partial charge in [0.25, 0.3) is 0 Å². The van der Waals surface area contributed by atoms with Crippen molar-refractivity contribution >= 4 is 34.9 Å². The minimum absolute atomic E-state index is 0.0961. The van der Waals surface area contributed by atoms with E-state index in [1.54, 1.807) is 18.4 Å². The van der Waals surface area contributed by atoms with Gasteiger partial charge in [0.1, 0.15) is 5.41 Å². The van der Waals surface area contributed by atoms with Crippen molar-refractivity contribution in [1.82, 2.24) is 0 Å². The third kappa shape index (κ3) is 1.35. The fourth-order valence-electron chi connectivity index (χ4n) is 1.43. The molecule has 1 aliphatic heterocycles. The Morgan fingerprint density at radius 3 is 2.71 bits per heavy atom. The molecule has 3 nitrogen and oxygen atoms in total. The molecule has 1 aliphatic rings. The molecule has 0 amide bonds. The van der Waals surface area contributed by atoms with Crippen molar-refractivity contribution in [2.24, 2.45) is 0 Å². The van der Waals surface area contributed by atoms with Crippen LogP contribution in [0.25, 0.3) is 0 Å². The topological polar surface area (TPSA) is 43.4 Å². The number of carbonyl (C=O) groups excluding carboxylic acids is 2. The SMILES string of the molecule is CC1(c2csc(Cl)c2)CC(=O)OC1=O. The van der Waals surface area contributed by atoms with E-state index in [1.807, 2.05) is 0 Å². The van der Waals surface area contributed by atoms with Gasteiger partial charge in [-0.1, -0.05) is 11.6 Å². The lowest BCUT2D eigenvalue weighted by atomic mass is 9.83. The Labute approximate surface area is 89.6 Å². The first-order valence-corrected chi connectivity index (χ1v) is 5.28. The molecule has 14 heavy (non-hydrogen) atoms. The molecule has 1 fully saturated rings. The van der Waals surface area contributed by atoms with Crippen LogP contribution in [0, 0.1) is 0 Å². The summed E-state index contributed by atoms with van der Waals surface area (Å²) in [5.41, 5.74) is -0.0934. The van der Waals surface area contributed by atoms with Crippen molar-refractivity contribution in [3.63, 3.8) is 0 Å². The molecule has 0 aliphatic carbocycles. The lowest BCUT2D eigenvalue weighted by molar-refractivity contribution is -0.153. The smallest absolute Gasteiger partial charge is 0.324 e. The van der Waals surface area contributed by atoms with Gasteiger partial charge in [-0.05, 0) is 23.9 Å². The minimum Gasteiger partial charge on any atom is -0.392 e. The van der Waals surface area contributed by atoms with Crippen LogP contribution in [-0.2, 0) is 19.7 Å². The van der Waals surface area contributed by atoms with Crippen LogP contribution in [0.1, 0.15) is 18.9 Å². The molecule has 1 aromatic heterocycles. The Kier molecular flexibility index (Phi) is 2.12. The molecule has 1 atom stereocenters. The molecule has 0 aromatic carbocycles. The molecule has 2 rings (SSSR count). The zero-order valence-corrected chi connectivity index (χ0v) is 8.95. The molecule has 2 heterocycles. The van der Waals surface area contributed by atoms with Crippen LogP contribution in [0.3, 0.4) is 0 Å². The number of ether oxygens (including phenoxy) is 1. The maximum Gasteiger partial charge on any atom is 0.324 e. The van der Waals surface area contributed by atoms with Crippen LogP contribution in [0.5, 0.6) is 0 Å².